The molecular formula is C20H22Cl2N6O. The number of hydrogen-bond donors (Lipinski definition) is 3. The third kappa shape index (κ3) is 5.93. The largest absolute Gasteiger partial charge is 0.505 e. The first-order chi connectivity index (χ1) is 13.9. The first kappa shape index (κ1) is 21.1. The summed E-state index contributed by atoms with van der Waals surface area (Å²) >= 11 is 12.0. The minimum Gasteiger partial charge on any atom is -0.505 e. The van der Waals surface area contributed by atoms with Gasteiger partial charge in [-0.05, 0) is 51.3 Å². The first-order valence-corrected chi connectivity index (χ1v) is 9.81. The van der Waals surface area contributed by atoms with E-state index in [0.29, 0.717) is 17.5 Å². The monoisotopic (exact) mass is 432 g/mol. The summed E-state index contributed by atoms with van der Waals surface area (Å²) in [4.78, 5) is 15.3. The molecular weight excluding hydrogens is 411 g/mol. The quantitative estimate of drug-likeness (QED) is 0.352. The molecule has 0 amide bonds. The van der Waals surface area contributed by atoms with Crippen LogP contribution in [0.15, 0.2) is 42.7 Å². The van der Waals surface area contributed by atoms with E-state index in [1.165, 1.54) is 0 Å². The lowest BCUT2D eigenvalue weighted by molar-refractivity contribution is 0.405. The van der Waals surface area contributed by atoms with Gasteiger partial charge in [0.15, 0.2) is 5.75 Å². The van der Waals surface area contributed by atoms with E-state index in [1.54, 1.807) is 24.5 Å². The van der Waals surface area contributed by atoms with E-state index in [0.717, 1.165) is 30.8 Å². The van der Waals surface area contributed by atoms with Crippen LogP contribution in [0.25, 0.3) is 11.3 Å². The van der Waals surface area contributed by atoms with Gasteiger partial charge in [-0.15, -0.1) is 0 Å². The molecule has 2 aromatic heterocycles. The maximum absolute atomic E-state index is 9.76. The molecule has 0 unspecified atom stereocenters. The van der Waals surface area contributed by atoms with Crippen LogP contribution in [0.1, 0.15) is 6.42 Å². The number of rotatable bonds is 8. The Morgan fingerprint density at radius 2 is 1.72 bits per heavy atom. The third-order valence-electron chi connectivity index (χ3n) is 4.06. The van der Waals surface area contributed by atoms with Crippen molar-refractivity contribution in [3.05, 3.63) is 52.8 Å². The van der Waals surface area contributed by atoms with Gasteiger partial charge in [0.2, 0.25) is 5.95 Å². The number of benzene rings is 1. The van der Waals surface area contributed by atoms with E-state index in [-0.39, 0.29) is 15.8 Å². The molecule has 29 heavy (non-hydrogen) atoms. The first-order valence-electron chi connectivity index (χ1n) is 9.05. The number of phenolic OH excluding ortho intramolecular Hbond substituents is 1. The minimum absolute atomic E-state index is 0.151. The van der Waals surface area contributed by atoms with Crippen LogP contribution in [0.5, 0.6) is 5.75 Å². The third-order valence-corrected chi connectivity index (χ3v) is 4.63. The molecule has 3 rings (SSSR count). The van der Waals surface area contributed by atoms with E-state index >= 15 is 0 Å². The smallest absolute Gasteiger partial charge is 0.225 e. The van der Waals surface area contributed by atoms with Gasteiger partial charge in [-0.3, -0.25) is 4.98 Å². The number of pyridine rings is 1. The average molecular weight is 433 g/mol. The molecule has 3 aromatic rings. The maximum atomic E-state index is 9.76. The zero-order chi connectivity index (χ0) is 20.8. The number of aromatic hydroxyl groups is 1. The summed E-state index contributed by atoms with van der Waals surface area (Å²) in [6.07, 6.45) is 4.39. The van der Waals surface area contributed by atoms with Crippen LogP contribution in [0.3, 0.4) is 0 Å². The van der Waals surface area contributed by atoms with Crippen molar-refractivity contribution in [2.45, 2.75) is 6.42 Å². The standard InChI is InChI=1S/C20H22Cl2N6O/c1-28(2)9-3-6-24-20-26-17(13-4-7-23-8-5-13)12-18(27-20)25-14-10-15(21)19(29)16(22)11-14/h4-5,7-8,10-12,29H,3,6,9H2,1-2H3,(H2,24,25,26,27). The molecule has 9 heteroatoms. The summed E-state index contributed by atoms with van der Waals surface area (Å²) in [5.41, 5.74) is 2.27. The second kappa shape index (κ2) is 9.73. The van der Waals surface area contributed by atoms with Crippen molar-refractivity contribution in [2.75, 3.05) is 37.8 Å². The van der Waals surface area contributed by atoms with Crippen LogP contribution >= 0.6 is 23.2 Å². The SMILES string of the molecule is CN(C)CCCNc1nc(Nc2cc(Cl)c(O)c(Cl)c2)cc(-c2ccncc2)n1. The summed E-state index contributed by atoms with van der Waals surface area (Å²) in [7, 11) is 4.08. The highest BCUT2D eigenvalue weighted by Gasteiger charge is 2.10. The normalized spacial score (nSPS) is 10.9. The highest BCUT2D eigenvalue weighted by atomic mass is 35.5. The molecule has 1 aromatic carbocycles. The number of anilines is 3. The molecule has 2 heterocycles. The number of hydrogen-bond acceptors (Lipinski definition) is 7. The maximum Gasteiger partial charge on any atom is 0.225 e. The Bertz CT molecular complexity index is 945. The number of phenols is 1. The number of nitrogens with one attached hydrogen (secondary N) is 2. The molecule has 152 valence electrons. The van der Waals surface area contributed by atoms with Crippen LogP contribution in [-0.2, 0) is 0 Å². The zero-order valence-electron chi connectivity index (χ0n) is 16.2. The van der Waals surface area contributed by atoms with Crippen molar-refractivity contribution in [1.29, 1.82) is 0 Å². The van der Waals surface area contributed by atoms with E-state index in [4.69, 9.17) is 23.2 Å². The molecule has 0 bridgehead atoms. The van der Waals surface area contributed by atoms with Gasteiger partial charge in [0.25, 0.3) is 0 Å². The Hall–Kier alpha value is -2.61. The van der Waals surface area contributed by atoms with E-state index in [2.05, 4.69) is 30.5 Å². The van der Waals surface area contributed by atoms with Gasteiger partial charge in [-0.2, -0.15) is 4.98 Å². The Balaban J connectivity index is 1.87. The predicted octanol–water partition coefficient (Wildman–Crippen LogP) is 4.66. The minimum atomic E-state index is -0.151. The van der Waals surface area contributed by atoms with E-state index < -0.39 is 0 Å². The van der Waals surface area contributed by atoms with Crippen LogP contribution < -0.4 is 10.6 Å². The second-order valence-corrected chi connectivity index (χ2v) is 7.51. The molecule has 0 spiro atoms. The predicted molar refractivity (Wildman–Crippen MR) is 118 cm³/mol. The van der Waals surface area contributed by atoms with Gasteiger partial charge in [0.1, 0.15) is 5.82 Å². The highest BCUT2D eigenvalue weighted by molar-refractivity contribution is 6.37. The lowest BCUT2D eigenvalue weighted by atomic mass is 10.2. The Kier molecular flexibility index (Phi) is 7.09. The number of halogens is 2. The summed E-state index contributed by atoms with van der Waals surface area (Å²) in [6.45, 7) is 1.71. The molecule has 0 aliphatic heterocycles. The van der Waals surface area contributed by atoms with Crippen LogP contribution in [0.2, 0.25) is 10.0 Å². The van der Waals surface area contributed by atoms with Gasteiger partial charge in [0, 0.05) is 36.3 Å². The molecule has 0 aliphatic rings. The molecule has 0 saturated carbocycles. The van der Waals surface area contributed by atoms with E-state index in [9.17, 15) is 5.11 Å². The molecule has 0 radical (unpaired) electrons. The topological polar surface area (TPSA) is 86.2 Å². The van der Waals surface area contributed by atoms with Crippen molar-refractivity contribution in [3.8, 4) is 17.0 Å². The van der Waals surface area contributed by atoms with E-state index in [1.807, 2.05) is 32.3 Å². The van der Waals surface area contributed by atoms with Gasteiger partial charge in [0.05, 0.1) is 15.7 Å². The van der Waals surface area contributed by atoms with Gasteiger partial charge in [-0.25, -0.2) is 4.98 Å². The lowest BCUT2D eigenvalue weighted by Gasteiger charge is -2.13. The summed E-state index contributed by atoms with van der Waals surface area (Å²) < 4.78 is 0. The molecule has 0 aliphatic carbocycles. The fourth-order valence-electron chi connectivity index (χ4n) is 2.64. The van der Waals surface area contributed by atoms with Crippen molar-refractivity contribution >= 4 is 40.7 Å². The number of nitrogens with zero attached hydrogens (tertiary/aromatic N) is 4. The van der Waals surface area contributed by atoms with Crippen molar-refractivity contribution < 1.29 is 5.11 Å². The summed E-state index contributed by atoms with van der Waals surface area (Å²) in [6, 6.07) is 8.77. The van der Waals surface area contributed by atoms with Crippen molar-refractivity contribution in [1.82, 2.24) is 19.9 Å². The second-order valence-electron chi connectivity index (χ2n) is 6.70. The molecule has 0 atom stereocenters. The highest BCUT2D eigenvalue weighted by Crippen LogP contribution is 2.35. The van der Waals surface area contributed by atoms with Crippen LogP contribution in [0, 0.1) is 0 Å². The zero-order valence-corrected chi connectivity index (χ0v) is 17.7. The fraction of sp³-hybridized carbons (Fsp3) is 0.250. The van der Waals surface area contributed by atoms with Crippen molar-refractivity contribution in [2.24, 2.45) is 0 Å². The number of aromatic nitrogens is 3. The molecule has 0 fully saturated rings. The van der Waals surface area contributed by atoms with Gasteiger partial charge >= 0.3 is 0 Å². The Morgan fingerprint density at radius 3 is 2.38 bits per heavy atom. The lowest BCUT2D eigenvalue weighted by Crippen LogP contribution is -2.17. The average Bonchev–Trinajstić information content (AvgIpc) is 2.70. The van der Waals surface area contributed by atoms with Gasteiger partial charge in [-0.1, -0.05) is 23.2 Å². The molecule has 0 saturated heterocycles. The Labute approximate surface area is 179 Å². The Morgan fingerprint density at radius 1 is 1.03 bits per heavy atom. The fourth-order valence-corrected chi connectivity index (χ4v) is 3.13. The van der Waals surface area contributed by atoms with Crippen LogP contribution in [-0.4, -0.2) is 52.1 Å². The molecule has 3 N–H and O–H groups in total. The van der Waals surface area contributed by atoms with Crippen LogP contribution in [0.4, 0.5) is 17.5 Å². The summed E-state index contributed by atoms with van der Waals surface area (Å²) in [5, 5.41) is 16.5. The molecule has 7 nitrogen and oxygen atoms in total. The summed E-state index contributed by atoms with van der Waals surface area (Å²) in [5.74, 6) is 0.929. The van der Waals surface area contributed by atoms with Crippen molar-refractivity contribution in [3.63, 3.8) is 0 Å². The van der Waals surface area contributed by atoms with Gasteiger partial charge < -0.3 is 20.6 Å².